The van der Waals surface area contributed by atoms with Crippen LogP contribution in [0.2, 0.25) is 0 Å². The molecule has 1 N–H and O–H groups in total. The van der Waals surface area contributed by atoms with Gasteiger partial charge in [0.1, 0.15) is 0 Å². The van der Waals surface area contributed by atoms with E-state index in [4.69, 9.17) is 0 Å². The van der Waals surface area contributed by atoms with Crippen molar-refractivity contribution in [2.24, 2.45) is 0 Å². The molecule has 15 heavy (non-hydrogen) atoms. The van der Waals surface area contributed by atoms with Gasteiger partial charge in [0.05, 0.1) is 10.2 Å². The maximum absolute atomic E-state index is 3.53. The molecule has 0 spiro atoms. The first-order valence-electron chi connectivity index (χ1n) is 4.53. The van der Waals surface area contributed by atoms with Gasteiger partial charge in [-0.3, -0.25) is 0 Å². The molecule has 0 atom stereocenters. The molecule has 0 aliphatic carbocycles. The summed E-state index contributed by atoms with van der Waals surface area (Å²) in [5.41, 5.74) is 2.13. The minimum atomic E-state index is 1.04. The van der Waals surface area contributed by atoms with Crippen LogP contribution in [0.4, 0.5) is 11.4 Å². The Morgan fingerprint density at radius 2 is 1.53 bits per heavy atom. The third-order valence-electron chi connectivity index (χ3n) is 2.00. The van der Waals surface area contributed by atoms with Crippen molar-refractivity contribution in [2.45, 2.75) is 0 Å². The zero-order valence-electron chi connectivity index (χ0n) is 7.87. The Hall–Kier alpha value is -0.800. The van der Waals surface area contributed by atoms with E-state index in [1.165, 1.54) is 0 Å². The monoisotopic (exact) mass is 325 g/mol. The molecular weight excluding hydrogens is 318 g/mol. The molecule has 2 rings (SSSR count). The fraction of sp³-hybridized carbons (Fsp3) is 0. The number of benzene rings is 2. The van der Waals surface area contributed by atoms with Crippen LogP contribution in [0.25, 0.3) is 0 Å². The summed E-state index contributed by atoms with van der Waals surface area (Å²) in [7, 11) is 0. The van der Waals surface area contributed by atoms with Crippen LogP contribution in [0, 0.1) is 0 Å². The summed E-state index contributed by atoms with van der Waals surface area (Å²) in [4.78, 5) is 0. The van der Waals surface area contributed by atoms with E-state index in [0.29, 0.717) is 0 Å². The summed E-state index contributed by atoms with van der Waals surface area (Å²) in [5.74, 6) is 0. The number of rotatable bonds is 2. The van der Waals surface area contributed by atoms with E-state index in [1.54, 1.807) is 0 Å². The van der Waals surface area contributed by atoms with Crippen molar-refractivity contribution in [3.8, 4) is 0 Å². The molecule has 0 amide bonds. The first kappa shape index (κ1) is 10.7. The predicted molar refractivity (Wildman–Crippen MR) is 71.6 cm³/mol. The molecule has 0 aliphatic heterocycles. The highest BCUT2D eigenvalue weighted by Crippen LogP contribution is 2.32. The van der Waals surface area contributed by atoms with Gasteiger partial charge in [-0.05, 0) is 56.1 Å². The van der Waals surface area contributed by atoms with Crippen molar-refractivity contribution in [2.75, 3.05) is 5.32 Å². The quantitative estimate of drug-likeness (QED) is 0.822. The lowest BCUT2D eigenvalue weighted by Gasteiger charge is -2.09. The van der Waals surface area contributed by atoms with Crippen molar-refractivity contribution in [1.82, 2.24) is 0 Å². The summed E-state index contributed by atoms with van der Waals surface area (Å²) in [6, 6.07) is 16.1. The highest BCUT2D eigenvalue weighted by Gasteiger charge is 2.02. The normalized spacial score (nSPS) is 10.0. The van der Waals surface area contributed by atoms with Gasteiger partial charge in [-0.1, -0.05) is 24.3 Å². The summed E-state index contributed by atoms with van der Waals surface area (Å²) in [6.45, 7) is 0. The van der Waals surface area contributed by atoms with Gasteiger partial charge in [0.2, 0.25) is 0 Å². The molecule has 1 nitrogen and oxygen atoms in total. The fourth-order valence-electron chi connectivity index (χ4n) is 1.28. The molecule has 2 aromatic carbocycles. The van der Waals surface area contributed by atoms with E-state index in [-0.39, 0.29) is 0 Å². The highest BCUT2D eigenvalue weighted by atomic mass is 79.9. The number of anilines is 2. The molecular formula is C12H9Br2N. The van der Waals surface area contributed by atoms with Crippen molar-refractivity contribution >= 4 is 43.2 Å². The van der Waals surface area contributed by atoms with E-state index in [9.17, 15) is 0 Å². The molecule has 76 valence electrons. The third-order valence-corrected chi connectivity index (χ3v) is 4.05. The van der Waals surface area contributed by atoms with Crippen LogP contribution in [-0.4, -0.2) is 0 Å². The molecule has 0 radical (unpaired) electrons. The van der Waals surface area contributed by atoms with E-state index in [2.05, 4.69) is 37.2 Å². The Kier molecular flexibility index (Phi) is 3.44. The Morgan fingerprint density at radius 1 is 0.800 bits per heavy atom. The fourth-order valence-corrected chi connectivity index (χ4v) is 2.01. The second kappa shape index (κ2) is 4.81. The van der Waals surface area contributed by atoms with Crippen LogP contribution in [-0.2, 0) is 0 Å². The van der Waals surface area contributed by atoms with E-state index in [1.807, 2.05) is 48.5 Å². The number of halogens is 2. The van der Waals surface area contributed by atoms with Gasteiger partial charge < -0.3 is 5.32 Å². The Balaban J connectivity index is 2.29. The van der Waals surface area contributed by atoms with Crippen molar-refractivity contribution in [3.05, 3.63) is 57.5 Å². The zero-order valence-corrected chi connectivity index (χ0v) is 11.0. The molecule has 0 unspecified atom stereocenters. The zero-order chi connectivity index (χ0) is 10.7. The topological polar surface area (TPSA) is 12.0 Å². The average Bonchev–Trinajstić information content (AvgIpc) is 2.26. The molecule has 0 fully saturated rings. The summed E-state index contributed by atoms with van der Waals surface area (Å²) < 4.78 is 2.08. The van der Waals surface area contributed by atoms with Crippen LogP contribution in [0.5, 0.6) is 0 Å². The van der Waals surface area contributed by atoms with Gasteiger partial charge in [0, 0.05) is 10.2 Å². The lowest BCUT2D eigenvalue weighted by molar-refractivity contribution is 1.50. The van der Waals surface area contributed by atoms with Crippen LogP contribution >= 0.6 is 31.9 Å². The minimum absolute atomic E-state index is 1.04. The molecule has 0 aliphatic rings. The first-order chi connectivity index (χ1) is 7.27. The van der Waals surface area contributed by atoms with Gasteiger partial charge >= 0.3 is 0 Å². The summed E-state index contributed by atoms with van der Waals surface area (Å²) in [5, 5.41) is 3.34. The predicted octanol–water partition coefficient (Wildman–Crippen LogP) is 4.96. The number of para-hydroxylation sites is 1. The molecule has 0 aromatic heterocycles. The first-order valence-corrected chi connectivity index (χ1v) is 6.12. The van der Waals surface area contributed by atoms with Crippen molar-refractivity contribution in [3.63, 3.8) is 0 Å². The molecule has 0 bridgehead atoms. The Morgan fingerprint density at radius 3 is 2.27 bits per heavy atom. The second-order valence-electron chi connectivity index (χ2n) is 3.09. The lowest BCUT2D eigenvalue weighted by atomic mass is 10.3. The molecule has 0 heterocycles. The van der Waals surface area contributed by atoms with Crippen LogP contribution in [0.1, 0.15) is 0 Å². The molecule has 0 saturated carbocycles. The van der Waals surface area contributed by atoms with E-state index in [0.717, 1.165) is 20.3 Å². The number of hydrogen-bond acceptors (Lipinski definition) is 1. The number of hydrogen-bond donors (Lipinski definition) is 1. The van der Waals surface area contributed by atoms with Gasteiger partial charge in [-0.2, -0.15) is 0 Å². The Bertz CT molecular complexity index is 454. The standard InChI is InChI=1S/C12H9Br2N/c13-10-7-4-8-11(12(10)14)15-9-5-2-1-3-6-9/h1-8,15H. The molecule has 0 saturated heterocycles. The largest absolute Gasteiger partial charge is 0.355 e. The van der Waals surface area contributed by atoms with E-state index >= 15 is 0 Å². The lowest BCUT2D eigenvalue weighted by Crippen LogP contribution is -1.90. The van der Waals surface area contributed by atoms with Crippen LogP contribution < -0.4 is 5.32 Å². The van der Waals surface area contributed by atoms with Gasteiger partial charge in [0.15, 0.2) is 0 Å². The van der Waals surface area contributed by atoms with Gasteiger partial charge in [0.25, 0.3) is 0 Å². The van der Waals surface area contributed by atoms with Crippen molar-refractivity contribution in [1.29, 1.82) is 0 Å². The maximum atomic E-state index is 3.53. The van der Waals surface area contributed by atoms with Gasteiger partial charge in [-0.15, -0.1) is 0 Å². The average molecular weight is 327 g/mol. The summed E-state index contributed by atoms with van der Waals surface area (Å²) >= 11 is 7.00. The minimum Gasteiger partial charge on any atom is -0.355 e. The van der Waals surface area contributed by atoms with E-state index < -0.39 is 0 Å². The smallest absolute Gasteiger partial charge is 0.0552 e. The van der Waals surface area contributed by atoms with Gasteiger partial charge in [-0.25, -0.2) is 0 Å². The SMILES string of the molecule is Brc1cccc(Nc2ccccc2)c1Br. The third kappa shape index (κ3) is 2.61. The number of nitrogens with one attached hydrogen (secondary N) is 1. The second-order valence-corrected chi connectivity index (χ2v) is 4.74. The summed E-state index contributed by atoms with van der Waals surface area (Å²) in [6.07, 6.45) is 0. The maximum Gasteiger partial charge on any atom is 0.0552 e. The van der Waals surface area contributed by atoms with Crippen molar-refractivity contribution < 1.29 is 0 Å². The molecule has 3 heteroatoms. The van der Waals surface area contributed by atoms with Crippen LogP contribution in [0.15, 0.2) is 57.5 Å². The molecule has 2 aromatic rings. The van der Waals surface area contributed by atoms with Crippen LogP contribution in [0.3, 0.4) is 0 Å². The highest BCUT2D eigenvalue weighted by molar-refractivity contribution is 9.13. The Labute approximate surface area is 106 Å².